The van der Waals surface area contributed by atoms with Gasteiger partial charge in [-0.05, 0) is 31.2 Å². The Bertz CT molecular complexity index is 1050. The number of carbonyl (C=O) groups is 2. The maximum Gasteiger partial charge on any atom is 0.417 e. The third kappa shape index (κ3) is 4.31. The SMILES string of the molecule is C[C@H](O)C(=O)Nc1sc(S(=O)(=O)c2ccc(F)cc2C(F)(F)F)cc1C(N)=O. The number of amides is 2. The largest absolute Gasteiger partial charge is 0.417 e. The van der Waals surface area contributed by atoms with Gasteiger partial charge in [0.15, 0.2) is 0 Å². The minimum atomic E-state index is -5.17. The second kappa shape index (κ2) is 7.48. The summed E-state index contributed by atoms with van der Waals surface area (Å²) < 4.78 is 77.4. The predicted octanol–water partition coefficient (Wildman–Crippen LogP) is 2.16. The van der Waals surface area contributed by atoms with E-state index in [4.69, 9.17) is 5.73 Å². The summed E-state index contributed by atoms with van der Waals surface area (Å²) in [6, 6.07) is 1.72. The molecule has 0 aliphatic heterocycles. The van der Waals surface area contributed by atoms with Gasteiger partial charge in [0, 0.05) is 0 Å². The van der Waals surface area contributed by atoms with Crippen LogP contribution in [0.3, 0.4) is 0 Å². The summed E-state index contributed by atoms with van der Waals surface area (Å²) in [6.45, 7) is 1.10. The molecule has 0 aliphatic rings. The minimum Gasteiger partial charge on any atom is -0.384 e. The Kier molecular flexibility index (Phi) is 5.82. The molecule has 0 radical (unpaired) electrons. The summed E-state index contributed by atoms with van der Waals surface area (Å²) in [5, 5.41) is 10.9. The van der Waals surface area contributed by atoms with Gasteiger partial charge in [-0.1, -0.05) is 0 Å². The molecular weight excluding hydrogens is 428 g/mol. The zero-order valence-electron chi connectivity index (χ0n) is 13.9. The molecule has 13 heteroatoms. The third-order valence-electron chi connectivity index (χ3n) is 3.39. The predicted molar refractivity (Wildman–Crippen MR) is 90.0 cm³/mol. The summed E-state index contributed by atoms with van der Waals surface area (Å²) >= 11 is 0.266. The molecule has 7 nitrogen and oxygen atoms in total. The van der Waals surface area contributed by atoms with Gasteiger partial charge in [0.1, 0.15) is 21.1 Å². The second-order valence-corrected chi connectivity index (χ2v) is 8.68. The zero-order chi connectivity index (χ0) is 21.4. The number of primary amides is 1. The van der Waals surface area contributed by atoms with Crippen molar-refractivity contribution in [2.24, 2.45) is 5.73 Å². The van der Waals surface area contributed by atoms with Crippen LogP contribution in [0.1, 0.15) is 22.8 Å². The van der Waals surface area contributed by atoms with Crippen molar-refractivity contribution in [1.29, 1.82) is 0 Å². The molecule has 2 aromatic rings. The molecule has 2 amide bonds. The molecule has 0 unspecified atom stereocenters. The first-order valence-electron chi connectivity index (χ1n) is 7.29. The monoisotopic (exact) mass is 440 g/mol. The van der Waals surface area contributed by atoms with E-state index in [0.717, 1.165) is 6.92 Å². The van der Waals surface area contributed by atoms with E-state index in [2.05, 4.69) is 5.32 Å². The molecule has 1 heterocycles. The standard InChI is InChI=1S/C15H12F4N2O5S2/c1-6(22)13(24)21-14-8(12(20)23)5-11(27-14)28(25,26)10-3-2-7(16)4-9(10)15(17,18)19/h2-6,22H,1H3,(H2,20,23)(H,21,24)/t6-/m0/s1. The van der Waals surface area contributed by atoms with Gasteiger partial charge >= 0.3 is 6.18 Å². The molecule has 0 bridgehead atoms. The second-order valence-electron chi connectivity index (χ2n) is 5.48. The highest BCUT2D eigenvalue weighted by Crippen LogP contribution is 2.40. The Morgan fingerprint density at radius 3 is 2.36 bits per heavy atom. The van der Waals surface area contributed by atoms with Gasteiger partial charge in [0.2, 0.25) is 9.84 Å². The number of carbonyl (C=O) groups excluding carboxylic acids is 2. The lowest BCUT2D eigenvalue weighted by atomic mass is 10.2. The van der Waals surface area contributed by atoms with Crippen LogP contribution in [-0.2, 0) is 20.8 Å². The first-order chi connectivity index (χ1) is 12.7. The van der Waals surface area contributed by atoms with Crippen molar-refractivity contribution in [3.05, 3.63) is 41.2 Å². The summed E-state index contributed by atoms with van der Waals surface area (Å²) in [7, 11) is -4.85. The molecule has 1 aromatic carbocycles. The number of thiophene rings is 1. The van der Waals surface area contributed by atoms with Crippen LogP contribution in [0, 0.1) is 5.82 Å². The summed E-state index contributed by atoms with van der Waals surface area (Å²) in [6.07, 6.45) is -6.69. The van der Waals surface area contributed by atoms with Crippen LogP contribution in [0.2, 0.25) is 0 Å². The number of hydrogen-bond acceptors (Lipinski definition) is 6. The number of anilines is 1. The molecule has 1 aromatic heterocycles. The topological polar surface area (TPSA) is 127 Å². The lowest BCUT2D eigenvalue weighted by molar-refractivity contribution is -0.140. The molecule has 1 atom stereocenters. The molecule has 2 rings (SSSR count). The summed E-state index contributed by atoms with van der Waals surface area (Å²) in [5.74, 6) is -3.44. The first kappa shape index (κ1) is 21.8. The van der Waals surface area contributed by atoms with E-state index in [1.165, 1.54) is 0 Å². The minimum absolute atomic E-state index is 0.0333. The number of halogens is 4. The van der Waals surface area contributed by atoms with E-state index in [-0.39, 0.29) is 22.4 Å². The van der Waals surface area contributed by atoms with Gasteiger partial charge in [0.25, 0.3) is 11.8 Å². The number of aliphatic hydroxyl groups excluding tert-OH is 1. The normalized spacial score (nSPS) is 13.2. The van der Waals surface area contributed by atoms with Crippen molar-refractivity contribution >= 4 is 38.0 Å². The molecule has 0 saturated carbocycles. The first-order valence-corrected chi connectivity index (χ1v) is 9.59. The number of nitrogens with one attached hydrogen (secondary N) is 1. The molecule has 28 heavy (non-hydrogen) atoms. The molecule has 0 saturated heterocycles. The van der Waals surface area contributed by atoms with Crippen LogP contribution in [0.5, 0.6) is 0 Å². The van der Waals surface area contributed by atoms with Crippen LogP contribution >= 0.6 is 11.3 Å². The molecule has 0 fully saturated rings. The maximum absolute atomic E-state index is 13.2. The number of benzene rings is 1. The van der Waals surface area contributed by atoms with Crippen LogP contribution in [-0.4, -0.2) is 31.4 Å². The van der Waals surface area contributed by atoms with E-state index in [1.807, 2.05) is 0 Å². The number of hydrogen-bond donors (Lipinski definition) is 3. The van der Waals surface area contributed by atoms with E-state index in [0.29, 0.717) is 18.2 Å². The Labute approximate surface area is 159 Å². The molecule has 152 valence electrons. The van der Waals surface area contributed by atoms with Gasteiger partial charge in [-0.15, -0.1) is 11.3 Å². The third-order valence-corrected chi connectivity index (χ3v) is 6.73. The van der Waals surface area contributed by atoms with Crippen LogP contribution < -0.4 is 11.1 Å². The van der Waals surface area contributed by atoms with Gasteiger partial charge < -0.3 is 16.2 Å². The molecular formula is C15H12F4N2O5S2. The van der Waals surface area contributed by atoms with Crippen molar-refractivity contribution in [1.82, 2.24) is 0 Å². The zero-order valence-corrected chi connectivity index (χ0v) is 15.5. The summed E-state index contributed by atoms with van der Waals surface area (Å²) in [4.78, 5) is 21.9. The Balaban J connectivity index is 2.65. The van der Waals surface area contributed by atoms with Gasteiger partial charge in [-0.3, -0.25) is 9.59 Å². The lowest BCUT2D eigenvalue weighted by Gasteiger charge is -2.12. The van der Waals surface area contributed by atoms with Crippen molar-refractivity contribution in [2.45, 2.75) is 28.3 Å². The van der Waals surface area contributed by atoms with Crippen molar-refractivity contribution in [3.63, 3.8) is 0 Å². The quantitative estimate of drug-likeness (QED) is 0.485. The fourth-order valence-electron chi connectivity index (χ4n) is 2.06. The molecule has 0 spiro atoms. The fraction of sp³-hybridized carbons (Fsp3) is 0.200. The molecule has 0 aliphatic carbocycles. The van der Waals surface area contributed by atoms with E-state index in [9.17, 15) is 40.7 Å². The Hall–Kier alpha value is -2.51. The van der Waals surface area contributed by atoms with Crippen molar-refractivity contribution < 1.29 is 40.7 Å². The van der Waals surface area contributed by atoms with E-state index >= 15 is 0 Å². The number of aliphatic hydroxyl groups is 1. The maximum atomic E-state index is 13.2. The average molecular weight is 440 g/mol. The van der Waals surface area contributed by atoms with E-state index < -0.39 is 60.0 Å². The van der Waals surface area contributed by atoms with Gasteiger partial charge in [0.05, 0.1) is 16.0 Å². The molecule has 4 N–H and O–H groups in total. The average Bonchev–Trinajstić information content (AvgIpc) is 2.98. The number of rotatable bonds is 5. The fourth-order valence-corrected chi connectivity index (χ4v) is 5.02. The highest BCUT2D eigenvalue weighted by Gasteiger charge is 2.39. The lowest BCUT2D eigenvalue weighted by Crippen LogP contribution is -2.25. The van der Waals surface area contributed by atoms with Crippen LogP contribution in [0.25, 0.3) is 0 Å². The van der Waals surface area contributed by atoms with Gasteiger partial charge in [-0.25, -0.2) is 12.8 Å². The highest BCUT2D eigenvalue weighted by atomic mass is 32.2. The highest BCUT2D eigenvalue weighted by molar-refractivity contribution is 7.93. The van der Waals surface area contributed by atoms with Gasteiger partial charge in [-0.2, -0.15) is 13.2 Å². The van der Waals surface area contributed by atoms with Crippen molar-refractivity contribution in [3.8, 4) is 0 Å². The number of sulfone groups is 1. The number of nitrogens with two attached hydrogens (primary N) is 1. The van der Waals surface area contributed by atoms with Crippen molar-refractivity contribution in [2.75, 3.05) is 5.32 Å². The van der Waals surface area contributed by atoms with Crippen LogP contribution in [0.15, 0.2) is 33.4 Å². The Morgan fingerprint density at radius 2 is 1.86 bits per heavy atom. The number of alkyl halides is 3. The Morgan fingerprint density at radius 1 is 1.25 bits per heavy atom. The van der Waals surface area contributed by atoms with E-state index in [1.54, 1.807) is 0 Å². The smallest absolute Gasteiger partial charge is 0.384 e. The summed E-state index contributed by atoms with van der Waals surface area (Å²) in [5.41, 5.74) is 2.91. The van der Waals surface area contributed by atoms with Crippen LogP contribution in [0.4, 0.5) is 22.6 Å².